The van der Waals surface area contributed by atoms with Crippen molar-refractivity contribution in [2.75, 3.05) is 13.7 Å². The van der Waals surface area contributed by atoms with Gasteiger partial charge in [-0.1, -0.05) is 19.9 Å². The van der Waals surface area contributed by atoms with Crippen LogP contribution < -0.4 is 4.74 Å². The van der Waals surface area contributed by atoms with Crippen molar-refractivity contribution in [3.05, 3.63) is 23.8 Å². The van der Waals surface area contributed by atoms with Crippen LogP contribution in [0.2, 0.25) is 0 Å². The number of hydrogen-bond donors (Lipinski definition) is 1. The quantitative estimate of drug-likeness (QED) is 0.901. The van der Waals surface area contributed by atoms with Gasteiger partial charge in [0.05, 0.1) is 7.11 Å². The monoisotopic (exact) mass is 263 g/mol. The first-order valence-corrected chi connectivity index (χ1v) is 7.17. The summed E-state index contributed by atoms with van der Waals surface area (Å²) in [7, 11) is 1.59. The van der Waals surface area contributed by atoms with Crippen LogP contribution in [0, 0.1) is 5.92 Å². The predicted molar refractivity (Wildman–Crippen MR) is 77.6 cm³/mol. The molecule has 2 rings (SSSR count). The highest BCUT2D eigenvalue weighted by Gasteiger charge is 2.31. The van der Waals surface area contributed by atoms with E-state index in [4.69, 9.17) is 4.74 Å². The molecule has 19 heavy (non-hydrogen) atoms. The lowest BCUT2D eigenvalue weighted by Gasteiger charge is -2.33. The van der Waals surface area contributed by atoms with E-state index in [0.29, 0.717) is 23.8 Å². The predicted octanol–water partition coefficient (Wildman–Crippen LogP) is 3.58. The zero-order valence-corrected chi connectivity index (χ0v) is 12.4. The first kappa shape index (κ1) is 14.2. The Kier molecular flexibility index (Phi) is 4.35. The van der Waals surface area contributed by atoms with Gasteiger partial charge in [-0.05, 0) is 49.9 Å². The topological polar surface area (TPSA) is 32.7 Å². The maximum atomic E-state index is 9.68. The van der Waals surface area contributed by atoms with Gasteiger partial charge in [-0.3, -0.25) is 4.90 Å². The zero-order chi connectivity index (χ0) is 14.0. The molecule has 1 aromatic rings. The lowest BCUT2D eigenvalue weighted by Crippen LogP contribution is -2.35. The molecule has 1 heterocycles. The molecule has 0 spiro atoms. The lowest BCUT2D eigenvalue weighted by atomic mass is 9.99. The third-order valence-electron chi connectivity index (χ3n) is 4.30. The summed E-state index contributed by atoms with van der Waals surface area (Å²) in [6, 6.07) is 6.71. The Morgan fingerprint density at radius 2 is 2.05 bits per heavy atom. The molecule has 106 valence electrons. The maximum Gasteiger partial charge on any atom is 0.160 e. The minimum Gasteiger partial charge on any atom is -0.504 e. The SMILES string of the molecule is COc1cc(C(C)N2CCCC2C(C)C)ccc1O. The van der Waals surface area contributed by atoms with Gasteiger partial charge in [0.15, 0.2) is 11.5 Å². The molecule has 0 saturated carbocycles. The fourth-order valence-electron chi connectivity index (χ4n) is 3.16. The van der Waals surface area contributed by atoms with Gasteiger partial charge >= 0.3 is 0 Å². The number of likely N-dealkylation sites (tertiary alicyclic amines) is 1. The highest BCUT2D eigenvalue weighted by atomic mass is 16.5. The van der Waals surface area contributed by atoms with Gasteiger partial charge in [-0.15, -0.1) is 0 Å². The van der Waals surface area contributed by atoms with E-state index < -0.39 is 0 Å². The second-order valence-corrected chi connectivity index (χ2v) is 5.80. The average Bonchev–Trinajstić information content (AvgIpc) is 2.87. The van der Waals surface area contributed by atoms with E-state index in [-0.39, 0.29) is 5.75 Å². The molecule has 2 unspecified atom stereocenters. The lowest BCUT2D eigenvalue weighted by molar-refractivity contribution is 0.156. The standard InChI is InChI=1S/C16H25NO2/c1-11(2)14-6-5-9-17(14)12(3)13-7-8-15(18)16(10-13)19-4/h7-8,10-12,14,18H,5-6,9H2,1-4H3. The molecule has 2 atom stereocenters. The number of phenols is 1. The molecule has 3 heteroatoms. The van der Waals surface area contributed by atoms with Gasteiger partial charge in [-0.25, -0.2) is 0 Å². The molecule has 1 N–H and O–H groups in total. The molecule has 1 aliphatic rings. The normalized spacial score (nSPS) is 21.8. The molecule has 1 fully saturated rings. The number of nitrogens with zero attached hydrogens (tertiary/aromatic N) is 1. The zero-order valence-electron chi connectivity index (χ0n) is 12.4. The number of rotatable bonds is 4. The number of methoxy groups -OCH3 is 1. The van der Waals surface area contributed by atoms with E-state index in [1.807, 2.05) is 12.1 Å². The summed E-state index contributed by atoms with van der Waals surface area (Å²) in [5.74, 6) is 1.45. The van der Waals surface area contributed by atoms with Crippen molar-refractivity contribution < 1.29 is 9.84 Å². The van der Waals surface area contributed by atoms with Gasteiger partial charge in [0, 0.05) is 12.1 Å². The minimum atomic E-state index is 0.209. The summed E-state index contributed by atoms with van der Waals surface area (Å²) < 4.78 is 5.20. The molecule has 3 nitrogen and oxygen atoms in total. The number of ether oxygens (including phenoxy) is 1. The van der Waals surface area contributed by atoms with E-state index in [2.05, 4.69) is 25.7 Å². The van der Waals surface area contributed by atoms with Gasteiger partial charge in [-0.2, -0.15) is 0 Å². The van der Waals surface area contributed by atoms with Crippen LogP contribution in [0.25, 0.3) is 0 Å². The fraction of sp³-hybridized carbons (Fsp3) is 0.625. The minimum absolute atomic E-state index is 0.209. The van der Waals surface area contributed by atoms with E-state index in [1.165, 1.54) is 18.4 Å². The third kappa shape index (κ3) is 2.86. The summed E-state index contributed by atoms with van der Waals surface area (Å²) in [5.41, 5.74) is 1.21. The van der Waals surface area contributed by atoms with Crippen LogP contribution in [0.15, 0.2) is 18.2 Å². The molecule has 0 aromatic heterocycles. The van der Waals surface area contributed by atoms with Crippen LogP contribution in [-0.4, -0.2) is 29.7 Å². The van der Waals surface area contributed by atoms with Crippen LogP contribution >= 0.6 is 0 Å². The van der Waals surface area contributed by atoms with Gasteiger partial charge in [0.25, 0.3) is 0 Å². The largest absolute Gasteiger partial charge is 0.504 e. The molecular formula is C16H25NO2. The summed E-state index contributed by atoms with van der Waals surface area (Å²) in [6.07, 6.45) is 2.57. The van der Waals surface area contributed by atoms with Crippen LogP contribution in [0.3, 0.4) is 0 Å². The van der Waals surface area contributed by atoms with Crippen molar-refractivity contribution in [3.63, 3.8) is 0 Å². The molecule has 0 radical (unpaired) electrons. The van der Waals surface area contributed by atoms with Gasteiger partial charge in [0.1, 0.15) is 0 Å². The van der Waals surface area contributed by atoms with Crippen LogP contribution in [0.4, 0.5) is 0 Å². The Hall–Kier alpha value is -1.22. The number of phenolic OH excluding ortho intramolecular Hbond substituents is 1. The van der Waals surface area contributed by atoms with Crippen LogP contribution in [0.5, 0.6) is 11.5 Å². The molecule has 1 aromatic carbocycles. The maximum absolute atomic E-state index is 9.68. The smallest absolute Gasteiger partial charge is 0.160 e. The van der Waals surface area contributed by atoms with Crippen molar-refractivity contribution >= 4 is 0 Å². The number of aromatic hydroxyl groups is 1. The Morgan fingerprint density at radius 1 is 1.32 bits per heavy atom. The van der Waals surface area contributed by atoms with Crippen molar-refractivity contribution in [1.29, 1.82) is 0 Å². The molecule has 0 bridgehead atoms. The summed E-state index contributed by atoms with van der Waals surface area (Å²) >= 11 is 0. The number of benzene rings is 1. The number of hydrogen-bond acceptors (Lipinski definition) is 3. The molecule has 1 saturated heterocycles. The Morgan fingerprint density at radius 3 is 2.68 bits per heavy atom. The first-order valence-electron chi connectivity index (χ1n) is 7.17. The van der Waals surface area contributed by atoms with Gasteiger partial charge in [0.2, 0.25) is 0 Å². The summed E-state index contributed by atoms with van der Waals surface area (Å²) in [6.45, 7) is 8.00. The van der Waals surface area contributed by atoms with Crippen LogP contribution in [0.1, 0.15) is 45.2 Å². The highest BCUT2D eigenvalue weighted by Crippen LogP contribution is 2.35. The van der Waals surface area contributed by atoms with Crippen molar-refractivity contribution in [3.8, 4) is 11.5 Å². The van der Waals surface area contributed by atoms with E-state index in [0.717, 1.165) is 6.54 Å². The molecule has 0 aliphatic carbocycles. The summed E-state index contributed by atoms with van der Waals surface area (Å²) in [4.78, 5) is 2.58. The second-order valence-electron chi connectivity index (χ2n) is 5.80. The first-order chi connectivity index (χ1) is 9.04. The Balaban J connectivity index is 2.21. The average molecular weight is 263 g/mol. The van der Waals surface area contributed by atoms with E-state index in [1.54, 1.807) is 13.2 Å². The van der Waals surface area contributed by atoms with Crippen LogP contribution in [-0.2, 0) is 0 Å². The Bertz CT molecular complexity index is 431. The second kappa shape index (κ2) is 5.83. The van der Waals surface area contributed by atoms with Gasteiger partial charge < -0.3 is 9.84 Å². The van der Waals surface area contributed by atoms with Crippen molar-refractivity contribution in [2.45, 2.75) is 45.7 Å². The van der Waals surface area contributed by atoms with E-state index >= 15 is 0 Å². The molecule has 1 aliphatic heterocycles. The highest BCUT2D eigenvalue weighted by molar-refractivity contribution is 5.42. The fourth-order valence-corrected chi connectivity index (χ4v) is 3.16. The van der Waals surface area contributed by atoms with Crippen molar-refractivity contribution in [2.24, 2.45) is 5.92 Å². The van der Waals surface area contributed by atoms with Crippen molar-refractivity contribution in [1.82, 2.24) is 4.90 Å². The van der Waals surface area contributed by atoms with E-state index in [9.17, 15) is 5.11 Å². The summed E-state index contributed by atoms with van der Waals surface area (Å²) in [5, 5.41) is 9.68. The molecule has 0 amide bonds. The third-order valence-corrected chi connectivity index (χ3v) is 4.30. The molecular weight excluding hydrogens is 238 g/mol. The Labute approximate surface area is 116 Å².